The molecule has 1 aromatic heterocycles. The lowest BCUT2D eigenvalue weighted by atomic mass is 10.2. The van der Waals surface area contributed by atoms with Gasteiger partial charge in [0.15, 0.2) is 0 Å². The number of benzene rings is 3. The number of hydrogen-bond acceptors (Lipinski definition) is 5. The lowest BCUT2D eigenvalue weighted by Crippen LogP contribution is -2.18. The number of carbonyl (C=O) groups is 1. The molecule has 4 aromatic rings. The Morgan fingerprint density at radius 1 is 1.00 bits per heavy atom. The van der Waals surface area contributed by atoms with Crippen LogP contribution in [-0.2, 0) is 21.4 Å². The molecule has 0 radical (unpaired) electrons. The Balaban J connectivity index is 1.43. The van der Waals surface area contributed by atoms with Crippen molar-refractivity contribution in [3.8, 4) is 0 Å². The van der Waals surface area contributed by atoms with Gasteiger partial charge in [-0.2, -0.15) is 0 Å². The number of nitro groups is 1. The molecule has 11 heteroatoms. The van der Waals surface area contributed by atoms with Crippen LogP contribution < -0.4 is 10.0 Å². The first-order valence-electron chi connectivity index (χ1n) is 9.63. The summed E-state index contributed by atoms with van der Waals surface area (Å²) in [6.07, 6.45) is 1.65. The predicted octanol–water partition coefficient (Wildman–Crippen LogP) is 4.13. The minimum Gasteiger partial charge on any atom is -0.338 e. The number of nitro benzene ring substituents is 1. The third-order valence-corrected chi connectivity index (χ3v) is 6.20. The second kappa shape index (κ2) is 8.71. The second-order valence-electron chi connectivity index (χ2n) is 7.13. The van der Waals surface area contributed by atoms with Gasteiger partial charge in [0.05, 0.1) is 15.5 Å². The summed E-state index contributed by atoms with van der Waals surface area (Å²) in [4.78, 5) is 22.8. The normalized spacial score (nSPS) is 11.3. The van der Waals surface area contributed by atoms with Crippen molar-refractivity contribution in [2.24, 2.45) is 0 Å². The van der Waals surface area contributed by atoms with Crippen LogP contribution in [0.15, 0.2) is 83.9 Å². The number of rotatable bonds is 7. The fraction of sp³-hybridized carbons (Fsp3) is 0.0455. The highest BCUT2D eigenvalue weighted by molar-refractivity contribution is 7.92. The highest BCUT2D eigenvalue weighted by Crippen LogP contribution is 2.22. The molecule has 1 amide bonds. The summed E-state index contributed by atoms with van der Waals surface area (Å²) < 4.78 is 42.2. The molecular formula is C22H17FN4O5S. The number of non-ortho nitro benzene ring substituents is 1. The minimum atomic E-state index is -3.93. The van der Waals surface area contributed by atoms with E-state index in [9.17, 15) is 27.7 Å². The van der Waals surface area contributed by atoms with E-state index in [0.29, 0.717) is 16.6 Å². The fourth-order valence-electron chi connectivity index (χ4n) is 3.28. The van der Waals surface area contributed by atoms with E-state index in [0.717, 1.165) is 6.07 Å². The molecule has 3 aromatic carbocycles. The standard InChI is InChI=1S/C22H17FN4O5S/c23-16-2-1-3-18(13-16)25-33(31,32)20-7-4-17(5-8-20)24-22(28)14-26-11-10-15-12-19(27(29)30)6-9-21(15)26/h1-13,25H,14H2,(H,24,28). The van der Waals surface area contributed by atoms with E-state index in [-0.39, 0.29) is 28.7 Å². The van der Waals surface area contributed by atoms with Gasteiger partial charge in [-0.3, -0.25) is 19.6 Å². The summed E-state index contributed by atoms with van der Waals surface area (Å²) in [7, 11) is -3.93. The number of fused-ring (bicyclic) bond motifs is 1. The van der Waals surface area contributed by atoms with Crippen molar-refractivity contribution in [1.29, 1.82) is 0 Å². The monoisotopic (exact) mass is 468 g/mol. The molecule has 0 fully saturated rings. The van der Waals surface area contributed by atoms with Gasteiger partial charge in [0.1, 0.15) is 12.4 Å². The van der Waals surface area contributed by atoms with Gasteiger partial charge in [0.2, 0.25) is 5.91 Å². The lowest BCUT2D eigenvalue weighted by molar-refractivity contribution is -0.384. The summed E-state index contributed by atoms with van der Waals surface area (Å²) in [5.74, 6) is -0.929. The van der Waals surface area contributed by atoms with Gasteiger partial charge >= 0.3 is 0 Å². The maximum atomic E-state index is 13.3. The number of halogens is 1. The van der Waals surface area contributed by atoms with Crippen LogP contribution >= 0.6 is 0 Å². The largest absolute Gasteiger partial charge is 0.338 e. The summed E-state index contributed by atoms with van der Waals surface area (Å²) in [6.45, 7) is -0.0392. The van der Waals surface area contributed by atoms with E-state index in [2.05, 4.69) is 10.0 Å². The van der Waals surface area contributed by atoms with Crippen molar-refractivity contribution >= 4 is 43.9 Å². The van der Waals surface area contributed by atoms with E-state index in [1.807, 2.05) is 0 Å². The van der Waals surface area contributed by atoms with Gasteiger partial charge in [-0.05, 0) is 54.6 Å². The van der Waals surface area contributed by atoms with Gasteiger partial charge in [0, 0.05) is 34.9 Å². The van der Waals surface area contributed by atoms with Gasteiger partial charge in [-0.15, -0.1) is 0 Å². The molecule has 1 heterocycles. The molecule has 9 nitrogen and oxygen atoms in total. The molecule has 2 N–H and O–H groups in total. The number of nitrogens with one attached hydrogen (secondary N) is 2. The highest BCUT2D eigenvalue weighted by Gasteiger charge is 2.15. The van der Waals surface area contributed by atoms with Gasteiger partial charge in [0.25, 0.3) is 15.7 Å². The lowest BCUT2D eigenvalue weighted by Gasteiger charge is -2.10. The van der Waals surface area contributed by atoms with E-state index >= 15 is 0 Å². The molecule has 0 atom stereocenters. The molecule has 0 spiro atoms. The Morgan fingerprint density at radius 3 is 2.45 bits per heavy atom. The molecule has 0 unspecified atom stereocenters. The Morgan fingerprint density at radius 2 is 1.76 bits per heavy atom. The SMILES string of the molecule is O=C(Cn1ccc2cc([N+](=O)[O-])ccc21)Nc1ccc(S(=O)(=O)Nc2cccc(F)c2)cc1. The number of amides is 1. The maximum Gasteiger partial charge on any atom is 0.270 e. The van der Waals surface area contributed by atoms with Gasteiger partial charge < -0.3 is 9.88 Å². The van der Waals surface area contributed by atoms with E-state index in [1.54, 1.807) is 22.9 Å². The Labute approximate surface area is 187 Å². The van der Waals surface area contributed by atoms with E-state index in [4.69, 9.17) is 0 Å². The zero-order valence-electron chi connectivity index (χ0n) is 16.9. The summed E-state index contributed by atoms with van der Waals surface area (Å²) in [6, 6.07) is 16.7. The topological polar surface area (TPSA) is 123 Å². The number of sulfonamides is 1. The Kier molecular flexibility index (Phi) is 5.80. The molecule has 0 bridgehead atoms. The second-order valence-corrected chi connectivity index (χ2v) is 8.81. The summed E-state index contributed by atoms with van der Waals surface area (Å²) in [5, 5.41) is 14.2. The fourth-order valence-corrected chi connectivity index (χ4v) is 4.33. The quantitative estimate of drug-likeness (QED) is 0.312. The first-order chi connectivity index (χ1) is 15.7. The molecule has 0 saturated heterocycles. The number of aromatic nitrogens is 1. The minimum absolute atomic E-state index is 0.0355. The third-order valence-electron chi connectivity index (χ3n) is 4.80. The number of carbonyl (C=O) groups excluding carboxylic acids is 1. The molecule has 4 rings (SSSR count). The van der Waals surface area contributed by atoms with Crippen molar-refractivity contribution in [2.45, 2.75) is 11.4 Å². The average molecular weight is 468 g/mol. The molecule has 0 aliphatic rings. The molecule has 0 saturated carbocycles. The summed E-state index contributed by atoms with van der Waals surface area (Å²) >= 11 is 0. The Bertz CT molecular complexity index is 1470. The molecule has 168 valence electrons. The van der Waals surface area contributed by atoms with Crippen molar-refractivity contribution in [2.75, 3.05) is 10.0 Å². The Hall–Kier alpha value is -4.25. The van der Waals surface area contributed by atoms with Crippen LogP contribution in [0.3, 0.4) is 0 Å². The van der Waals surface area contributed by atoms with Gasteiger partial charge in [-0.25, -0.2) is 12.8 Å². The number of nitrogens with zero attached hydrogens (tertiary/aromatic N) is 2. The van der Waals surface area contributed by atoms with Crippen LogP contribution in [0.1, 0.15) is 0 Å². The average Bonchev–Trinajstić information content (AvgIpc) is 3.15. The zero-order chi connectivity index (χ0) is 23.6. The molecule has 0 aliphatic carbocycles. The maximum absolute atomic E-state index is 13.3. The van der Waals surface area contributed by atoms with Crippen molar-refractivity contribution in [3.05, 3.63) is 94.9 Å². The number of anilines is 2. The van der Waals surface area contributed by atoms with Crippen molar-refractivity contribution in [3.63, 3.8) is 0 Å². The first-order valence-corrected chi connectivity index (χ1v) is 11.1. The third kappa shape index (κ3) is 4.99. The van der Waals surface area contributed by atoms with Crippen molar-refractivity contribution < 1.29 is 22.5 Å². The van der Waals surface area contributed by atoms with Crippen LogP contribution in [-0.4, -0.2) is 23.8 Å². The predicted molar refractivity (Wildman–Crippen MR) is 121 cm³/mol. The zero-order valence-corrected chi connectivity index (χ0v) is 17.8. The van der Waals surface area contributed by atoms with Gasteiger partial charge in [-0.1, -0.05) is 6.07 Å². The first kappa shape index (κ1) is 22.0. The van der Waals surface area contributed by atoms with Crippen LogP contribution in [0.2, 0.25) is 0 Å². The number of hydrogen-bond donors (Lipinski definition) is 2. The summed E-state index contributed by atoms with van der Waals surface area (Å²) in [5.41, 5.74) is 1.11. The van der Waals surface area contributed by atoms with Crippen LogP contribution in [0, 0.1) is 15.9 Å². The van der Waals surface area contributed by atoms with Crippen LogP contribution in [0.4, 0.5) is 21.5 Å². The molecule has 33 heavy (non-hydrogen) atoms. The smallest absolute Gasteiger partial charge is 0.270 e. The van der Waals surface area contributed by atoms with Crippen LogP contribution in [0.5, 0.6) is 0 Å². The highest BCUT2D eigenvalue weighted by atomic mass is 32.2. The van der Waals surface area contributed by atoms with Crippen molar-refractivity contribution in [1.82, 2.24) is 4.57 Å². The van der Waals surface area contributed by atoms with Crippen LogP contribution in [0.25, 0.3) is 10.9 Å². The van der Waals surface area contributed by atoms with E-state index in [1.165, 1.54) is 54.6 Å². The van der Waals surface area contributed by atoms with E-state index < -0.39 is 20.8 Å². The molecular weight excluding hydrogens is 451 g/mol. The molecule has 0 aliphatic heterocycles.